The highest BCUT2D eigenvalue weighted by molar-refractivity contribution is 5.95. The molecule has 2 aromatic heterocycles. The lowest BCUT2D eigenvalue weighted by atomic mass is 10.1. The Morgan fingerprint density at radius 3 is 2.61 bits per heavy atom. The molecule has 0 spiro atoms. The van der Waals surface area contributed by atoms with Crippen LogP contribution in [-0.2, 0) is 6.54 Å². The van der Waals surface area contributed by atoms with Crippen LogP contribution >= 0.6 is 0 Å². The first-order valence-electron chi connectivity index (χ1n) is 13.0. The molecular weight excluding hydrogens is 524 g/mol. The molecule has 13 nitrogen and oxygen atoms in total. The highest BCUT2D eigenvalue weighted by Crippen LogP contribution is 2.30. The summed E-state index contributed by atoms with van der Waals surface area (Å²) < 4.78 is 13.1. The number of carbonyl (C=O) groups excluding carboxylic acids is 1. The second-order valence-electron chi connectivity index (χ2n) is 9.53. The van der Waals surface area contributed by atoms with Crippen LogP contribution in [0.4, 0.5) is 11.6 Å². The minimum absolute atomic E-state index is 0.170. The maximum atomic E-state index is 12.6. The fourth-order valence-electron chi connectivity index (χ4n) is 3.98. The zero-order valence-electron chi connectivity index (χ0n) is 23.4. The number of nitrogens with one attached hydrogen (secondary N) is 2. The fourth-order valence-corrected chi connectivity index (χ4v) is 3.98. The number of carbonyl (C=O) groups is 1. The van der Waals surface area contributed by atoms with E-state index in [1.807, 2.05) is 27.1 Å². The van der Waals surface area contributed by atoms with E-state index in [4.69, 9.17) is 9.47 Å². The highest BCUT2D eigenvalue weighted by Gasteiger charge is 2.14. The number of anilines is 2. The van der Waals surface area contributed by atoms with Crippen LogP contribution in [0.5, 0.6) is 11.5 Å². The number of tetrazole rings is 1. The zero-order valence-corrected chi connectivity index (χ0v) is 23.4. The van der Waals surface area contributed by atoms with Crippen molar-refractivity contribution in [1.82, 2.24) is 40.4 Å². The smallest absolute Gasteiger partial charge is 0.251 e. The zero-order chi connectivity index (χ0) is 29.2. The molecule has 41 heavy (non-hydrogen) atoms. The molecule has 2 N–H and O–H groups in total. The number of hydrogen-bond donors (Lipinski definition) is 2. The monoisotopic (exact) mass is 556 g/mol. The number of ether oxygens (including phenoxy) is 2. The van der Waals surface area contributed by atoms with Gasteiger partial charge in [0.2, 0.25) is 5.95 Å². The van der Waals surface area contributed by atoms with Crippen molar-refractivity contribution in [2.75, 3.05) is 39.6 Å². The second kappa shape index (κ2) is 13.8. The minimum atomic E-state index is -0.283. The van der Waals surface area contributed by atoms with Gasteiger partial charge >= 0.3 is 0 Å². The van der Waals surface area contributed by atoms with Gasteiger partial charge < -0.3 is 25.0 Å². The molecule has 13 heteroatoms. The van der Waals surface area contributed by atoms with Gasteiger partial charge in [-0.3, -0.25) is 4.79 Å². The maximum Gasteiger partial charge on any atom is 0.251 e. The lowest BCUT2D eigenvalue weighted by Gasteiger charge is -2.16. The summed E-state index contributed by atoms with van der Waals surface area (Å²) in [4.78, 5) is 23.6. The third kappa shape index (κ3) is 7.96. The van der Waals surface area contributed by atoms with Gasteiger partial charge in [0.05, 0.1) is 24.9 Å². The molecule has 4 rings (SSSR count). The average Bonchev–Trinajstić information content (AvgIpc) is 3.48. The normalized spacial score (nSPS) is 11.5. The summed E-state index contributed by atoms with van der Waals surface area (Å²) in [5.41, 5.74) is 2.98. The first-order valence-corrected chi connectivity index (χ1v) is 13.0. The van der Waals surface area contributed by atoms with E-state index in [0.717, 1.165) is 24.1 Å². The number of aromatic nitrogens is 6. The van der Waals surface area contributed by atoms with Crippen molar-refractivity contribution in [2.45, 2.75) is 26.0 Å². The Kier molecular flexibility index (Phi) is 9.74. The van der Waals surface area contributed by atoms with Crippen molar-refractivity contribution in [3.63, 3.8) is 0 Å². The summed E-state index contributed by atoms with van der Waals surface area (Å²) >= 11 is 0. The summed E-state index contributed by atoms with van der Waals surface area (Å²) in [5.74, 6) is 1.15. The summed E-state index contributed by atoms with van der Waals surface area (Å²) in [5, 5.41) is 26.7. The Bertz CT molecular complexity index is 1480. The molecule has 2 aromatic carbocycles. The van der Waals surface area contributed by atoms with E-state index < -0.39 is 0 Å². The largest absolute Gasteiger partial charge is 0.495 e. The third-order valence-electron chi connectivity index (χ3n) is 6.03. The molecule has 0 aliphatic rings. The van der Waals surface area contributed by atoms with Crippen LogP contribution in [-0.4, -0.2) is 81.4 Å². The van der Waals surface area contributed by atoms with Gasteiger partial charge in [0.15, 0.2) is 0 Å². The van der Waals surface area contributed by atoms with Crippen molar-refractivity contribution >= 4 is 17.5 Å². The van der Waals surface area contributed by atoms with Gasteiger partial charge in [-0.25, -0.2) is 14.6 Å². The summed E-state index contributed by atoms with van der Waals surface area (Å²) in [6.07, 6.45) is 5.40. The summed E-state index contributed by atoms with van der Waals surface area (Å²) in [6.45, 7) is 3.77. The van der Waals surface area contributed by atoms with Crippen LogP contribution in [0, 0.1) is 11.3 Å². The van der Waals surface area contributed by atoms with Crippen LogP contribution in [0.1, 0.15) is 29.3 Å². The van der Waals surface area contributed by atoms with Gasteiger partial charge in [-0.05, 0) is 80.3 Å². The van der Waals surface area contributed by atoms with Crippen molar-refractivity contribution in [3.05, 3.63) is 66.2 Å². The molecule has 0 saturated carbocycles. The van der Waals surface area contributed by atoms with E-state index >= 15 is 0 Å². The number of methoxy groups -OCH3 is 1. The molecule has 0 aliphatic heterocycles. The van der Waals surface area contributed by atoms with Crippen molar-refractivity contribution in [1.29, 1.82) is 5.26 Å². The third-order valence-corrected chi connectivity index (χ3v) is 6.03. The van der Waals surface area contributed by atoms with Gasteiger partial charge in [0, 0.05) is 30.1 Å². The van der Waals surface area contributed by atoms with Gasteiger partial charge in [-0.1, -0.05) is 6.07 Å². The molecule has 1 amide bonds. The van der Waals surface area contributed by atoms with Gasteiger partial charge in [-0.15, -0.1) is 5.10 Å². The standard InChI is InChI=1S/C28H32N10O3/c1-19(17-38-18-33-35-36-38)41-26-13-20(6-7-22(26)14-29)23-15-31-28(32-16-23)34-24-12-21(8-9-25(24)40-4)27(39)30-10-5-11-37(2)3/h6-9,12-13,15-16,18-19H,5,10-11,17H2,1-4H3,(H,30,39)(H,31,32,34). The van der Waals surface area contributed by atoms with E-state index in [-0.39, 0.29) is 12.0 Å². The second-order valence-corrected chi connectivity index (χ2v) is 9.53. The lowest BCUT2D eigenvalue weighted by Crippen LogP contribution is -2.27. The van der Waals surface area contributed by atoms with Crippen LogP contribution in [0.25, 0.3) is 11.1 Å². The fraction of sp³-hybridized carbons (Fsp3) is 0.321. The van der Waals surface area contributed by atoms with Crippen LogP contribution in [0.2, 0.25) is 0 Å². The Morgan fingerprint density at radius 1 is 1.12 bits per heavy atom. The van der Waals surface area contributed by atoms with E-state index in [1.165, 1.54) is 6.33 Å². The topological polar surface area (TPSA) is 156 Å². The molecule has 0 bridgehead atoms. The van der Waals surface area contributed by atoms with Crippen LogP contribution in [0.15, 0.2) is 55.1 Å². The quantitative estimate of drug-likeness (QED) is 0.233. The molecule has 0 radical (unpaired) electrons. The predicted molar refractivity (Wildman–Crippen MR) is 152 cm³/mol. The number of nitrogens with zero attached hydrogens (tertiary/aromatic N) is 8. The van der Waals surface area contributed by atoms with Gasteiger partial charge in [-0.2, -0.15) is 5.26 Å². The number of hydrogen-bond acceptors (Lipinski definition) is 11. The Hall–Kier alpha value is -5.09. The number of rotatable bonds is 13. The maximum absolute atomic E-state index is 12.6. The van der Waals surface area contributed by atoms with Crippen molar-refractivity contribution in [3.8, 4) is 28.7 Å². The molecular formula is C28H32N10O3. The average molecular weight is 557 g/mol. The molecule has 0 saturated heterocycles. The molecule has 212 valence electrons. The van der Waals surface area contributed by atoms with Crippen molar-refractivity contribution in [2.24, 2.45) is 0 Å². The summed E-state index contributed by atoms with van der Waals surface area (Å²) in [6, 6.07) is 12.6. The molecule has 1 atom stereocenters. The van der Waals surface area contributed by atoms with Crippen LogP contribution < -0.4 is 20.1 Å². The Labute approximate surface area is 238 Å². The van der Waals surface area contributed by atoms with Gasteiger partial charge in [0.25, 0.3) is 5.91 Å². The molecule has 4 aromatic rings. The van der Waals surface area contributed by atoms with E-state index in [1.54, 1.807) is 54.5 Å². The number of benzene rings is 2. The highest BCUT2D eigenvalue weighted by atomic mass is 16.5. The van der Waals surface area contributed by atoms with Crippen LogP contribution in [0.3, 0.4) is 0 Å². The number of amides is 1. The summed E-state index contributed by atoms with van der Waals surface area (Å²) in [7, 11) is 5.55. The number of nitriles is 1. The Morgan fingerprint density at radius 2 is 1.93 bits per heavy atom. The molecule has 2 heterocycles. The first-order chi connectivity index (χ1) is 19.9. The first kappa shape index (κ1) is 28.9. The minimum Gasteiger partial charge on any atom is -0.495 e. The van der Waals surface area contributed by atoms with Crippen molar-refractivity contribution < 1.29 is 14.3 Å². The van der Waals surface area contributed by atoms with E-state index in [9.17, 15) is 10.1 Å². The molecule has 1 unspecified atom stereocenters. The lowest BCUT2D eigenvalue weighted by molar-refractivity contribution is 0.0952. The Balaban J connectivity index is 1.46. The predicted octanol–water partition coefficient (Wildman–Crippen LogP) is 2.90. The van der Waals surface area contributed by atoms with Gasteiger partial charge in [0.1, 0.15) is 30.0 Å². The molecule has 0 aliphatic carbocycles. The van der Waals surface area contributed by atoms with E-state index in [2.05, 4.69) is 47.1 Å². The SMILES string of the molecule is COc1ccc(C(=O)NCCCN(C)C)cc1Nc1ncc(-c2ccc(C#N)c(OC(C)Cn3cnnn3)c2)cn1. The van der Waals surface area contributed by atoms with E-state index in [0.29, 0.717) is 47.4 Å². The molecule has 0 fully saturated rings.